The number of unbranched alkanes of at least 4 members (excludes halogenated alkanes) is 1. The van der Waals surface area contributed by atoms with Crippen LogP contribution in [0.15, 0.2) is 48.8 Å². The minimum absolute atomic E-state index is 0.369. The van der Waals surface area contributed by atoms with E-state index < -0.39 is 17.8 Å². The highest BCUT2D eigenvalue weighted by molar-refractivity contribution is 5.26. The third-order valence-electron chi connectivity index (χ3n) is 4.59. The van der Waals surface area contributed by atoms with Gasteiger partial charge in [0.05, 0.1) is 0 Å². The molecule has 0 amide bonds. The Hall–Kier alpha value is -1.51. The van der Waals surface area contributed by atoms with Crippen molar-refractivity contribution in [3.8, 4) is 0 Å². The molecule has 0 aromatic heterocycles. The van der Waals surface area contributed by atoms with Crippen LogP contribution in [0.3, 0.4) is 0 Å². The zero-order valence-corrected chi connectivity index (χ0v) is 12.8. The number of benzene rings is 1. The lowest BCUT2D eigenvalue weighted by Gasteiger charge is -2.27. The Balaban J connectivity index is 1.89. The molecule has 0 spiro atoms. The molecule has 1 aliphatic rings. The summed E-state index contributed by atoms with van der Waals surface area (Å²) < 4.78 is 37.9. The van der Waals surface area contributed by atoms with Crippen LogP contribution in [0, 0.1) is 5.92 Å². The van der Waals surface area contributed by atoms with Crippen LogP contribution in [0.1, 0.15) is 55.6 Å². The standard InChI is InChI=1S/C19H23F3/c1-2-3-4-5-14-6-8-15(9-7-14)16-10-12-17(13-11-16)18(20)19(21)22/h2,6-9,16-17H,1,3-5,10-13H2. The molecule has 1 saturated carbocycles. The van der Waals surface area contributed by atoms with Crippen LogP contribution in [0.5, 0.6) is 0 Å². The molecule has 0 N–H and O–H groups in total. The first kappa shape index (κ1) is 16.9. The van der Waals surface area contributed by atoms with Gasteiger partial charge in [-0.1, -0.05) is 30.3 Å². The molecule has 0 aliphatic heterocycles. The molecule has 1 aliphatic carbocycles. The topological polar surface area (TPSA) is 0 Å². The van der Waals surface area contributed by atoms with Gasteiger partial charge in [-0.25, -0.2) is 4.39 Å². The molecule has 22 heavy (non-hydrogen) atoms. The number of hydrogen-bond donors (Lipinski definition) is 0. The van der Waals surface area contributed by atoms with Crippen molar-refractivity contribution in [1.29, 1.82) is 0 Å². The van der Waals surface area contributed by atoms with Gasteiger partial charge in [0.2, 0.25) is 0 Å². The van der Waals surface area contributed by atoms with E-state index in [0.29, 0.717) is 18.8 Å². The average molecular weight is 308 g/mol. The van der Waals surface area contributed by atoms with Gasteiger partial charge in [0, 0.05) is 5.92 Å². The predicted octanol–water partition coefficient (Wildman–Crippen LogP) is 6.55. The highest BCUT2D eigenvalue weighted by Crippen LogP contribution is 2.40. The fourth-order valence-corrected chi connectivity index (χ4v) is 3.24. The van der Waals surface area contributed by atoms with Crippen molar-refractivity contribution in [3.05, 3.63) is 60.0 Å². The van der Waals surface area contributed by atoms with Gasteiger partial charge in [-0.15, -0.1) is 6.58 Å². The Labute approximate surface area is 130 Å². The SMILES string of the molecule is C=CCCCc1ccc(C2CCC(C(F)=C(F)F)CC2)cc1. The molecule has 0 bridgehead atoms. The number of allylic oxidation sites excluding steroid dienone is 2. The molecule has 0 nitrogen and oxygen atoms in total. The second-order valence-corrected chi connectivity index (χ2v) is 6.08. The van der Waals surface area contributed by atoms with E-state index in [1.165, 1.54) is 11.1 Å². The first-order valence-corrected chi connectivity index (χ1v) is 8.02. The molecule has 0 saturated heterocycles. The monoisotopic (exact) mass is 308 g/mol. The molecule has 120 valence electrons. The maximum Gasteiger partial charge on any atom is 0.301 e. The molecule has 1 aromatic rings. The summed E-state index contributed by atoms with van der Waals surface area (Å²) in [7, 11) is 0. The normalized spacial score (nSPS) is 21.4. The van der Waals surface area contributed by atoms with Gasteiger partial charge >= 0.3 is 6.08 Å². The van der Waals surface area contributed by atoms with Crippen LogP contribution >= 0.6 is 0 Å². The summed E-state index contributed by atoms with van der Waals surface area (Å²) in [4.78, 5) is 0. The Morgan fingerprint density at radius 1 is 1.05 bits per heavy atom. The van der Waals surface area contributed by atoms with E-state index in [-0.39, 0.29) is 0 Å². The minimum Gasteiger partial charge on any atom is -0.206 e. The minimum atomic E-state index is -2.15. The summed E-state index contributed by atoms with van der Waals surface area (Å²) in [6.07, 6.45) is 5.54. The van der Waals surface area contributed by atoms with E-state index in [9.17, 15) is 13.2 Å². The quantitative estimate of drug-likeness (QED) is 0.413. The van der Waals surface area contributed by atoms with Gasteiger partial charge in [-0.2, -0.15) is 8.78 Å². The van der Waals surface area contributed by atoms with Crippen LogP contribution in [-0.4, -0.2) is 0 Å². The van der Waals surface area contributed by atoms with Crippen molar-refractivity contribution in [3.63, 3.8) is 0 Å². The summed E-state index contributed by atoms with van der Waals surface area (Å²) in [6.45, 7) is 3.72. The van der Waals surface area contributed by atoms with E-state index >= 15 is 0 Å². The van der Waals surface area contributed by atoms with Crippen LogP contribution in [0.4, 0.5) is 13.2 Å². The van der Waals surface area contributed by atoms with Gasteiger partial charge in [0.15, 0.2) is 5.83 Å². The van der Waals surface area contributed by atoms with Crippen molar-refractivity contribution in [2.45, 2.75) is 50.9 Å². The molecule has 0 radical (unpaired) electrons. The molecular formula is C19H23F3. The van der Waals surface area contributed by atoms with Crippen molar-refractivity contribution in [1.82, 2.24) is 0 Å². The molecular weight excluding hydrogens is 285 g/mol. The Morgan fingerprint density at radius 3 is 2.23 bits per heavy atom. The maximum absolute atomic E-state index is 13.3. The summed E-state index contributed by atoms with van der Waals surface area (Å²) >= 11 is 0. The third-order valence-corrected chi connectivity index (χ3v) is 4.59. The fourth-order valence-electron chi connectivity index (χ4n) is 3.24. The fraction of sp³-hybridized carbons (Fsp3) is 0.474. The predicted molar refractivity (Wildman–Crippen MR) is 84.6 cm³/mol. The largest absolute Gasteiger partial charge is 0.301 e. The Kier molecular flexibility index (Phi) is 6.29. The van der Waals surface area contributed by atoms with Crippen molar-refractivity contribution < 1.29 is 13.2 Å². The highest BCUT2D eigenvalue weighted by atomic mass is 19.3. The van der Waals surface area contributed by atoms with E-state index in [4.69, 9.17) is 0 Å². The molecule has 0 heterocycles. The molecule has 2 rings (SSSR count). The zero-order chi connectivity index (χ0) is 15.9. The van der Waals surface area contributed by atoms with Crippen LogP contribution in [-0.2, 0) is 6.42 Å². The summed E-state index contributed by atoms with van der Waals surface area (Å²) in [5.74, 6) is -1.41. The van der Waals surface area contributed by atoms with Crippen molar-refractivity contribution >= 4 is 0 Å². The second kappa shape index (κ2) is 8.21. The average Bonchev–Trinajstić information content (AvgIpc) is 2.55. The number of hydrogen-bond acceptors (Lipinski definition) is 0. The van der Waals surface area contributed by atoms with E-state index in [1.54, 1.807) is 0 Å². The lowest BCUT2D eigenvalue weighted by atomic mass is 9.78. The number of rotatable bonds is 6. The van der Waals surface area contributed by atoms with E-state index in [0.717, 1.165) is 32.1 Å². The number of aryl methyl sites for hydroxylation is 1. The lowest BCUT2D eigenvalue weighted by molar-refractivity contribution is 0.281. The lowest BCUT2D eigenvalue weighted by Crippen LogP contribution is -2.14. The summed E-state index contributed by atoms with van der Waals surface area (Å²) in [6, 6.07) is 8.56. The second-order valence-electron chi connectivity index (χ2n) is 6.08. The van der Waals surface area contributed by atoms with Gasteiger partial charge in [-0.05, 0) is 62.0 Å². The van der Waals surface area contributed by atoms with E-state index in [1.807, 2.05) is 6.08 Å². The summed E-state index contributed by atoms with van der Waals surface area (Å²) in [5, 5.41) is 0. The molecule has 0 unspecified atom stereocenters. The van der Waals surface area contributed by atoms with Gasteiger partial charge < -0.3 is 0 Å². The Bertz CT molecular complexity index is 504. The van der Waals surface area contributed by atoms with Crippen LogP contribution < -0.4 is 0 Å². The van der Waals surface area contributed by atoms with Crippen molar-refractivity contribution in [2.75, 3.05) is 0 Å². The Morgan fingerprint density at radius 2 is 1.68 bits per heavy atom. The highest BCUT2D eigenvalue weighted by Gasteiger charge is 2.27. The summed E-state index contributed by atoms with van der Waals surface area (Å²) in [5.41, 5.74) is 2.56. The third kappa shape index (κ3) is 4.49. The maximum atomic E-state index is 13.3. The first-order chi connectivity index (χ1) is 10.6. The van der Waals surface area contributed by atoms with Gasteiger partial charge in [0.1, 0.15) is 0 Å². The number of halogens is 3. The van der Waals surface area contributed by atoms with Crippen LogP contribution in [0.2, 0.25) is 0 Å². The first-order valence-electron chi connectivity index (χ1n) is 8.02. The molecule has 0 atom stereocenters. The van der Waals surface area contributed by atoms with Crippen molar-refractivity contribution in [2.24, 2.45) is 5.92 Å². The molecule has 1 aromatic carbocycles. The van der Waals surface area contributed by atoms with Gasteiger partial charge in [-0.3, -0.25) is 0 Å². The van der Waals surface area contributed by atoms with Gasteiger partial charge in [0.25, 0.3) is 0 Å². The van der Waals surface area contributed by atoms with E-state index in [2.05, 4.69) is 30.8 Å². The molecule has 1 fully saturated rings. The smallest absolute Gasteiger partial charge is 0.206 e. The zero-order valence-electron chi connectivity index (χ0n) is 12.8. The molecule has 3 heteroatoms. The van der Waals surface area contributed by atoms with Crippen LogP contribution in [0.25, 0.3) is 0 Å².